The van der Waals surface area contributed by atoms with Crippen LogP contribution < -0.4 is 20.9 Å². The van der Waals surface area contributed by atoms with Gasteiger partial charge in [-0.1, -0.05) is 25.1 Å². The van der Waals surface area contributed by atoms with Gasteiger partial charge < -0.3 is 25.6 Å². The van der Waals surface area contributed by atoms with Crippen LogP contribution in [0.1, 0.15) is 12.5 Å². The average Bonchev–Trinajstić information content (AvgIpc) is 2.61. The molecule has 7 heteroatoms. The zero-order valence-corrected chi connectivity index (χ0v) is 15.0. The lowest BCUT2D eigenvalue weighted by Gasteiger charge is -2.24. The zero-order valence-electron chi connectivity index (χ0n) is 14.2. The fourth-order valence-corrected chi connectivity index (χ4v) is 2.81. The standard InChI is InChI=1S/C17H26N4O2S/c1-2-14-5-3-4-6-15(14)20-16(22)13-19-17(24)18-7-8-21-9-11-23-12-10-21/h3-6H,2,7-13H2,1H3,(H,20,22)(H2,18,19,24)/p+1. The van der Waals surface area contributed by atoms with Crippen LogP contribution in [0.25, 0.3) is 0 Å². The molecule has 1 heterocycles. The van der Waals surface area contributed by atoms with Crippen molar-refractivity contribution in [1.82, 2.24) is 10.6 Å². The van der Waals surface area contributed by atoms with Gasteiger partial charge in [-0.15, -0.1) is 0 Å². The van der Waals surface area contributed by atoms with Crippen LogP contribution in [-0.2, 0) is 16.0 Å². The number of quaternary nitrogens is 1. The van der Waals surface area contributed by atoms with E-state index in [4.69, 9.17) is 17.0 Å². The minimum absolute atomic E-state index is 0.0983. The third-order valence-electron chi connectivity index (χ3n) is 4.05. The summed E-state index contributed by atoms with van der Waals surface area (Å²) >= 11 is 5.22. The first-order valence-electron chi connectivity index (χ1n) is 8.49. The molecule has 0 unspecified atom stereocenters. The maximum Gasteiger partial charge on any atom is 0.243 e. The van der Waals surface area contributed by atoms with Crippen molar-refractivity contribution in [2.75, 3.05) is 51.3 Å². The van der Waals surface area contributed by atoms with Crippen molar-refractivity contribution in [3.05, 3.63) is 29.8 Å². The molecule has 1 amide bonds. The van der Waals surface area contributed by atoms with Gasteiger partial charge in [0.05, 0.1) is 32.8 Å². The lowest BCUT2D eigenvalue weighted by molar-refractivity contribution is -0.906. The minimum atomic E-state index is -0.0983. The molecule has 1 aromatic rings. The molecular weight excluding hydrogens is 324 g/mol. The number of carbonyl (C=O) groups excluding carboxylic acids is 1. The van der Waals surface area contributed by atoms with Gasteiger partial charge >= 0.3 is 0 Å². The maximum absolute atomic E-state index is 12.0. The summed E-state index contributed by atoms with van der Waals surface area (Å²) in [5, 5.41) is 9.54. The molecule has 0 aliphatic carbocycles. The van der Waals surface area contributed by atoms with Crippen LogP contribution in [-0.4, -0.2) is 57.0 Å². The van der Waals surface area contributed by atoms with E-state index >= 15 is 0 Å². The molecule has 0 spiro atoms. The van der Waals surface area contributed by atoms with E-state index in [1.54, 1.807) is 0 Å². The van der Waals surface area contributed by atoms with E-state index in [1.165, 1.54) is 4.90 Å². The molecule has 0 atom stereocenters. The highest BCUT2D eigenvalue weighted by molar-refractivity contribution is 7.80. The molecule has 132 valence electrons. The Morgan fingerprint density at radius 2 is 2.00 bits per heavy atom. The number of hydrogen-bond acceptors (Lipinski definition) is 3. The second kappa shape index (κ2) is 10.2. The number of carbonyl (C=O) groups is 1. The number of amides is 1. The highest BCUT2D eigenvalue weighted by Gasteiger charge is 2.13. The van der Waals surface area contributed by atoms with Gasteiger partial charge in [0.2, 0.25) is 5.91 Å². The topological polar surface area (TPSA) is 66.8 Å². The Morgan fingerprint density at radius 3 is 2.75 bits per heavy atom. The second-order valence-electron chi connectivity index (χ2n) is 5.78. The highest BCUT2D eigenvalue weighted by Crippen LogP contribution is 2.14. The third-order valence-corrected chi connectivity index (χ3v) is 4.33. The van der Waals surface area contributed by atoms with Crippen molar-refractivity contribution in [1.29, 1.82) is 0 Å². The van der Waals surface area contributed by atoms with E-state index in [-0.39, 0.29) is 12.5 Å². The smallest absolute Gasteiger partial charge is 0.243 e. The fraction of sp³-hybridized carbons (Fsp3) is 0.529. The average molecular weight is 351 g/mol. The van der Waals surface area contributed by atoms with Gasteiger partial charge in [0, 0.05) is 5.69 Å². The van der Waals surface area contributed by atoms with Crippen LogP contribution in [0.5, 0.6) is 0 Å². The Morgan fingerprint density at radius 1 is 1.25 bits per heavy atom. The Balaban J connectivity index is 1.63. The number of para-hydroxylation sites is 1. The number of anilines is 1. The summed E-state index contributed by atoms with van der Waals surface area (Å²) in [6, 6.07) is 7.83. The van der Waals surface area contributed by atoms with Crippen molar-refractivity contribution >= 4 is 28.9 Å². The SMILES string of the molecule is CCc1ccccc1NC(=O)CNC(=S)NCC[NH+]1CCOCC1. The number of aryl methyl sites for hydroxylation is 1. The van der Waals surface area contributed by atoms with Crippen LogP contribution in [0.2, 0.25) is 0 Å². The largest absolute Gasteiger partial charge is 0.370 e. The van der Waals surface area contributed by atoms with Crippen LogP contribution in [0.3, 0.4) is 0 Å². The summed E-state index contributed by atoms with van der Waals surface area (Å²) in [5.41, 5.74) is 1.99. The summed E-state index contributed by atoms with van der Waals surface area (Å²) < 4.78 is 5.33. The second-order valence-corrected chi connectivity index (χ2v) is 6.19. The van der Waals surface area contributed by atoms with Gasteiger partial charge in [-0.05, 0) is 30.3 Å². The summed E-state index contributed by atoms with van der Waals surface area (Å²) in [5.74, 6) is -0.0983. The highest BCUT2D eigenvalue weighted by atomic mass is 32.1. The van der Waals surface area contributed by atoms with E-state index < -0.39 is 0 Å². The van der Waals surface area contributed by atoms with Gasteiger partial charge in [0.25, 0.3) is 0 Å². The number of thiocarbonyl (C=S) groups is 1. The monoisotopic (exact) mass is 351 g/mol. The van der Waals surface area contributed by atoms with Crippen molar-refractivity contribution in [2.45, 2.75) is 13.3 Å². The molecular formula is C17H27N4O2S+. The molecule has 0 aromatic heterocycles. The lowest BCUT2D eigenvalue weighted by Crippen LogP contribution is -3.14. The summed E-state index contributed by atoms with van der Waals surface area (Å²) in [7, 11) is 0. The zero-order chi connectivity index (χ0) is 17.2. The van der Waals surface area contributed by atoms with E-state index in [1.807, 2.05) is 24.3 Å². The molecule has 2 rings (SSSR count). The number of morpholine rings is 1. The first kappa shape index (κ1) is 18.6. The molecule has 0 saturated carbocycles. The quantitative estimate of drug-likeness (QED) is 0.502. The summed E-state index contributed by atoms with van der Waals surface area (Å²) in [6.07, 6.45) is 0.883. The molecule has 24 heavy (non-hydrogen) atoms. The number of hydrogen-bond donors (Lipinski definition) is 4. The van der Waals surface area contributed by atoms with Gasteiger partial charge in [0.15, 0.2) is 5.11 Å². The first-order valence-corrected chi connectivity index (χ1v) is 8.90. The van der Waals surface area contributed by atoms with Crippen LogP contribution in [0.4, 0.5) is 5.69 Å². The Kier molecular flexibility index (Phi) is 7.94. The fourth-order valence-electron chi connectivity index (χ4n) is 2.63. The Labute approximate surface area is 148 Å². The van der Waals surface area contributed by atoms with Gasteiger partial charge in [0.1, 0.15) is 13.1 Å². The molecule has 1 aliphatic heterocycles. The van der Waals surface area contributed by atoms with E-state index in [0.29, 0.717) is 5.11 Å². The van der Waals surface area contributed by atoms with Gasteiger partial charge in [-0.2, -0.15) is 0 Å². The molecule has 1 aliphatic rings. The summed E-state index contributed by atoms with van der Waals surface area (Å²) in [6.45, 7) is 7.77. The van der Waals surface area contributed by atoms with Crippen LogP contribution >= 0.6 is 12.2 Å². The Hall–Kier alpha value is -1.70. The molecule has 1 fully saturated rings. The number of nitrogens with one attached hydrogen (secondary N) is 4. The molecule has 1 aromatic carbocycles. The maximum atomic E-state index is 12.0. The molecule has 1 saturated heterocycles. The third kappa shape index (κ3) is 6.43. The van der Waals surface area contributed by atoms with Crippen LogP contribution in [0, 0.1) is 0 Å². The molecule has 0 radical (unpaired) electrons. The number of rotatable bonds is 7. The summed E-state index contributed by atoms with van der Waals surface area (Å²) in [4.78, 5) is 13.5. The van der Waals surface area contributed by atoms with Gasteiger partial charge in [-0.25, -0.2) is 0 Å². The first-order chi connectivity index (χ1) is 11.7. The normalized spacial score (nSPS) is 14.9. The molecule has 0 bridgehead atoms. The predicted molar refractivity (Wildman–Crippen MR) is 99.4 cm³/mol. The van der Waals surface area contributed by atoms with E-state index in [0.717, 1.165) is 57.1 Å². The van der Waals surface area contributed by atoms with E-state index in [9.17, 15) is 4.79 Å². The van der Waals surface area contributed by atoms with E-state index in [2.05, 4.69) is 22.9 Å². The van der Waals surface area contributed by atoms with Crippen molar-refractivity contribution in [2.24, 2.45) is 0 Å². The molecule has 6 nitrogen and oxygen atoms in total. The number of benzene rings is 1. The predicted octanol–water partition coefficient (Wildman–Crippen LogP) is -0.433. The van der Waals surface area contributed by atoms with Gasteiger partial charge in [-0.3, -0.25) is 4.79 Å². The van der Waals surface area contributed by atoms with Crippen LogP contribution in [0.15, 0.2) is 24.3 Å². The van der Waals surface area contributed by atoms with Crippen molar-refractivity contribution in [3.63, 3.8) is 0 Å². The lowest BCUT2D eigenvalue weighted by atomic mass is 10.1. The number of ether oxygens (including phenoxy) is 1. The van der Waals surface area contributed by atoms with Crippen molar-refractivity contribution < 1.29 is 14.4 Å². The van der Waals surface area contributed by atoms with Crippen molar-refractivity contribution in [3.8, 4) is 0 Å². The Bertz CT molecular complexity index is 547. The molecule has 4 N–H and O–H groups in total. The minimum Gasteiger partial charge on any atom is -0.370 e.